The number of nitrogens with one attached hydrogen (secondary N) is 3. The third-order valence-electron chi connectivity index (χ3n) is 5.81. The molecule has 11 nitrogen and oxygen atoms in total. The highest BCUT2D eigenvalue weighted by Gasteiger charge is 2.45. The van der Waals surface area contributed by atoms with Crippen LogP contribution < -0.4 is 21.5 Å². The summed E-state index contributed by atoms with van der Waals surface area (Å²) in [5.74, 6) is -4.52. The van der Waals surface area contributed by atoms with Crippen LogP contribution >= 0.6 is 0 Å². The van der Waals surface area contributed by atoms with Gasteiger partial charge in [-0.2, -0.15) is 13.2 Å². The molecule has 1 aromatic heterocycles. The van der Waals surface area contributed by atoms with Crippen LogP contribution in [0.25, 0.3) is 11.4 Å². The maximum Gasteiger partial charge on any atom is 0.452 e. The summed E-state index contributed by atoms with van der Waals surface area (Å²) in [6.45, 7) is 3.04. The normalized spacial score (nSPS) is 11.9. The molecule has 3 rings (SSSR count). The molecule has 3 N–H and O–H groups in total. The molecule has 0 radical (unpaired) electrons. The zero-order valence-electron chi connectivity index (χ0n) is 22.8. The number of ether oxygens (including phenoxy) is 1. The number of carbonyl (C=O) groups excluding carboxylic acids is 4. The van der Waals surface area contributed by atoms with E-state index in [1.165, 1.54) is 45.0 Å². The van der Waals surface area contributed by atoms with Crippen molar-refractivity contribution in [2.45, 2.75) is 46.1 Å². The van der Waals surface area contributed by atoms with E-state index in [-0.39, 0.29) is 24.0 Å². The van der Waals surface area contributed by atoms with Gasteiger partial charge < -0.3 is 15.4 Å². The number of hydrogen-bond donors (Lipinski definition) is 3. The molecule has 1 heterocycles. The first-order valence-electron chi connectivity index (χ1n) is 12.6. The van der Waals surface area contributed by atoms with Gasteiger partial charge in [0.25, 0.3) is 11.3 Å². The summed E-state index contributed by atoms with van der Waals surface area (Å²) >= 11 is 0. The number of ketones is 1. The van der Waals surface area contributed by atoms with Crippen LogP contribution in [0.15, 0.2) is 65.6 Å². The van der Waals surface area contributed by atoms with Crippen molar-refractivity contribution in [2.24, 2.45) is 5.92 Å². The van der Waals surface area contributed by atoms with Gasteiger partial charge >= 0.3 is 12.3 Å². The van der Waals surface area contributed by atoms with Crippen molar-refractivity contribution < 1.29 is 37.1 Å². The van der Waals surface area contributed by atoms with Crippen molar-refractivity contribution in [3.63, 3.8) is 0 Å². The number of rotatable bonds is 10. The number of anilines is 2. The molecule has 0 fully saturated rings. The van der Waals surface area contributed by atoms with Crippen LogP contribution in [0.3, 0.4) is 0 Å². The van der Waals surface area contributed by atoms with Gasteiger partial charge in [0, 0.05) is 18.2 Å². The highest BCUT2D eigenvalue weighted by atomic mass is 19.4. The van der Waals surface area contributed by atoms with Crippen molar-refractivity contribution in [3.8, 4) is 11.4 Å². The number of Topliss-reactive ketones (excluding diaryl/α,β-unsaturated/α-hetero) is 1. The zero-order chi connectivity index (χ0) is 31.0. The molecule has 3 aromatic rings. The van der Waals surface area contributed by atoms with E-state index in [0.29, 0.717) is 16.8 Å². The average molecular weight is 588 g/mol. The maximum atomic E-state index is 13.4. The second-order valence-corrected chi connectivity index (χ2v) is 9.48. The van der Waals surface area contributed by atoms with Crippen molar-refractivity contribution in [1.82, 2.24) is 14.9 Å². The molecule has 0 aliphatic carbocycles. The van der Waals surface area contributed by atoms with Gasteiger partial charge in [-0.1, -0.05) is 44.2 Å². The van der Waals surface area contributed by atoms with Crippen molar-refractivity contribution in [3.05, 3.63) is 76.7 Å². The standard InChI is InChI=1S/C28H28F3N5O6/c1-16(2)23(24(39)28(29,30)31)35-22(38)14-36-25(19-9-11-20(12-10-19)33-17(3)37)32-13-21(26(36)40)34-27(41)42-15-18-7-5-4-6-8-18/h4-13,16,23H,14-15H2,1-3H3,(H,33,37)(H,34,41)(H,35,38). The first-order chi connectivity index (χ1) is 19.8. The summed E-state index contributed by atoms with van der Waals surface area (Å²) in [7, 11) is 0. The Bertz CT molecular complexity index is 1510. The Morgan fingerprint density at radius 2 is 1.62 bits per heavy atom. The van der Waals surface area contributed by atoms with Crippen LogP contribution in [0.5, 0.6) is 0 Å². The molecule has 1 unspecified atom stereocenters. The number of amides is 3. The number of carbonyl (C=O) groups is 4. The lowest BCUT2D eigenvalue weighted by Crippen LogP contribution is -2.51. The molecule has 3 amide bonds. The number of hydrogen-bond acceptors (Lipinski definition) is 7. The van der Waals surface area contributed by atoms with Gasteiger partial charge in [-0.25, -0.2) is 9.78 Å². The summed E-state index contributed by atoms with van der Waals surface area (Å²) in [4.78, 5) is 66.1. The minimum Gasteiger partial charge on any atom is -0.444 e. The third kappa shape index (κ3) is 8.49. The van der Waals surface area contributed by atoms with Crippen molar-refractivity contribution in [2.75, 3.05) is 10.6 Å². The molecule has 0 spiro atoms. The monoisotopic (exact) mass is 587 g/mol. The van der Waals surface area contributed by atoms with E-state index < -0.39 is 48.0 Å². The molecule has 14 heteroatoms. The van der Waals surface area contributed by atoms with Gasteiger partial charge in [-0.15, -0.1) is 0 Å². The predicted octanol–water partition coefficient (Wildman–Crippen LogP) is 3.89. The highest BCUT2D eigenvalue weighted by Crippen LogP contribution is 2.22. The van der Waals surface area contributed by atoms with Gasteiger partial charge in [-0.05, 0) is 35.7 Å². The molecule has 0 bridgehead atoms. The number of alkyl halides is 3. The quantitative estimate of drug-likeness (QED) is 0.326. The van der Waals surface area contributed by atoms with E-state index in [0.717, 1.165) is 10.8 Å². The summed E-state index contributed by atoms with van der Waals surface area (Å²) in [6, 6.07) is 12.8. The lowest BCUT2D eigenvalue weighted by molar-refractivity contribution is -0.174. The maximum absolute atomic E-state index is 13.4. The number of nitrogens with zero attached hydrogens (tertiary/aromatic N) is 2. The Morgan fingerprint density at radius 1 is 0.976 bits per heavy atom. The number of aromatic nitrogens is 2. The van der Waals surface area contributed by atoms with Crippen LogP contribution in [0, 0.1) is 5.92 Å². The van der Waals surface area contributed by atoms with Crippen LogP contribution in [-0.2, 0) is 32.3 Å². The Labute approximate surface area is 238 Å². The lowest BCUT2D eigenvalue weighted by Gasteiger charge is -2.23. The molecule has 0 saturated heterocycles. The van der Waals surface area contributed by atoms with E-state index in [9.17, 15) is 37.1 Å². The smallest absolute Gasteiger partial charge is 0.444 e. The second kappa shape index (κ2) is 13.6. The fourth-order valence-electron chi connectivity index (χ4n) is 3.80. The summed E-state index contributed by atoms with van der Waals surface area (Å²) in [6.07, 6.45) is -5.13. The fraction of sp³-hybridized carbons (Fsp3) is 0.286. The molecule has 42 heavy (non-hydrogen) atoms. The largest absolute Gasteiger partial charge is 0.452 e. The summed E-state index contributed by atoms with van der Waals surface area (Å²) < 4.78 is 45.3. The van der Waals surface area contributed by atoms with Gasteiger partial charge in [-0.3, -0.25) is 29.1 Å². The molecule has 0 saturated carbocycles. The van der Waals surface area contributed by atoms with Crippen LogP contribution in [0.2, 0.25) is 0 Å². The Kier molecular flexibility index (Phi) is 10.2. The predicted molar refractivity (Wildman–Crippen MR) is 146 cm³/mol. The summed E-state index contributed by atoms with van der Waals surface area (Å²) in [5.41, 5.74) is 0.139. The second-order valence-electron chi connectivity index (χ2n) is 9.48. The van der Waals surface area contributed by atoms with Crippen molar-refractivity contribution in [1.29, 1.82) is 0 Å². The van der Waals surface area contributed by atoms with Gasteiger partial charge in [0.1, 0.15) is 24.7 Å². The molecule has 0 aliphatic heterocycles. The number of benzene rings is 2. The van der Waals surface area contributed by atoms with E-state index in [4.69, 9.17) is 4.74 Å². The molecule has 2 aromatic carbocycles. The van der Waals surface area contributed by atoms with Crippen LogP contribution in [0.1, 0.15) is 26.3 Å². The van der Waals surface area contributed by atoms with E-state index in [1.807, 2.05) is 0 Å². The minimum atomic E-state index is -5.19. The SMILES string of the molecule is CC(=O)Nc1ccc(-c2ncc(NC(=O)OCc3ccccc3)c(=O)n2CC(=O)NC(C(=O)C(F)(F)F)C(C)C)cc1. The Balaban J connectivity index is 1.92. The fourth-order valence-corrected chi connectivity index (χ4v) is 3.80. The topological polar surface area (TPSA) is 148 Å². The molecular weight excluding hydrogens is 559 g/mol. The van der Waals surface area contributed by atoms with Crippen molar-refractivity contribution >= 4 is 35.1 Å². The van der Waals surface area contributed by atoms with E-state index in [2.05, 4.69) is 20.9 Å². The first kappa shape index (κ1) is 31.5. The molecule has 222 valence electrons. The van der Waals surface area contributed by atoms with Gasteiger partial charge in [0.15, 0.2) is 0 Å². The van der Waals surface area contributed by atoms with Gasteiger partial charge in [0.05, 0.1) is 12.2 Å². The minimum absolute atomic E-state index is 0.0732. The first-order valence-corrected chi connectivity index (χ1v) is 12.6. The van der Waals surface area contributed by atoms with E-state index in [1.54, 1.807) is 30.3 Å². The average Bonchev–Trinajstić information content (AvgIpc) is 2.92. The molecular formula is C28H28F3N5O6. The lowest BCUT2D eigenvalue weighted by atomic mass is 9.99. The van der Waals surface area contributed by atoms with Crippen LogP contribution in [0.4, 0.5) is 29.3 Å². The highest BCUT2D eigenvalue weighted by molar-refractivity contribution is 5.93. The zero-order valence-corrected chi connectivity index (χ0v) is 22.8. The van der Waals surface area contributed by atoms with E-state index >= 15 is 0 Å². The summed E-state index contributed by atoms with van der Waals surface area (Å²) in [5, 5.41) is 6.89. The molecule has 1 atom stereocenters. The molecule has 0 aliphatic rings. The Morgan fingerprint density at radius 3 is 2.19 bits per heavy atom. The third-order valence-corrected chi connectivity index (χ3v) is 5.81. The van der Waals surface area contributed by atoms with Gasteiger partial charge in [0.2, 0.25) is 11.8 Å². The Hall–Kier alpha value is -5.01. The number of halogens is 3. The van der Waals surface area contributed by atoms with Crippen LogP contribution in [-0.4, -0.2) is 45.5 Å².